The van der Waals surface area contributed by atoms with Crippen molar-refractivity contribution in [2.75, 3.05) is 18.8 Å². The summed E-state index contributed by atoms with van der Waals surface area (Å²) in [5.41, 5.74) is 0. The molecule has 2 atom stereocenters. The molecule has 1 aliphatic heterocycles. The lowest BCUT2D eigenvalue weighted by Gasteiger charge is -2.26. The van der Waals surface area contributed by atoms with E-state index in [1.807, 2.05) is 13.8 Å². The van der Waals surface area contributed by atoms with Crippen LogP contribution in [-0.2, 0) is 9.59 Å². The second kappa shape index (κ2) is 6.86. The average molecular weight is 260 g/mol. The predicted molar refractivity (Wildman–Crippen MR) is 68.0 cm³/mol. The zero-order valence-electron chi connectivity index (χ0n) is 10.3. The first-order valence-corrected chi connectivity index (χ1v) is 7.03. The Morgan fingerprint density at radius 1 is 1.47 bits per heavy atom. The smallest absolute Gasteiger partial charge is 0.327 e. The quantitative estimate of drug-likeness (QED) is 0.690. The SMILES string of the molecule is CCNCCC(=O)N1C(CC)SCC1C(=O)O. The Morgan fingerprint density at radius 2 is 2.18 bits per heavy atom. The van der Waals surface area contributed by atoms with Crippen molar-refractivity contribution in [3.8, 4) is 0 Å². The van der Waals surface area contributed by atoms with Gasteiger partial charge in [0.15, 0.2) is 0 Å². The van der Waals surface area contributed by atoms with E-state index in [0.29, 0.717) is 18.7 Å². The van der Waals surface area contributed by atoms with Crippen LogP contribution in [0.2, 0.25) is 0 Å². The Labute approximate surface area is 106 Å². The monoisotopic (exact) mass is 260 g/mol. The summed E-state index contributed by atoms with van der Waals surface area (Å²) >= 11 is 1.56. The van der Waals surface area contributed by atoms with Crippen LogP contribution in [0.4, 0.5) is 0 Å². The van der Waals surface area contributed by atoms with Crippen molar-refractivity contribution in [1.82, 2.24) is 10.2 Å². The first-order chi connectivity index (χ1) is 8.11. The maximum atomic E-state index is 12.0. The summed E-state index contributed by atoms with van der Waals surface area (Å²) < 4.78 is 0. The van der Waals surface area contributed by atoms with E-state index in [4.69, 9.17) is 5.11 Å². The van der Waals surface area contributed by atoms with Gasteiger partial charge in [0, 0.05) is 18.7 Å². The van der Waals surface area contributed by atoms with Gasteiger partial charge in [-0.2, -0.15) is 0 Å². The molecule has 0 spiro atoms. The van der Waals surface area contributed by atoms with Crippen LogP contribution in [0.15, 0.2) is 0 Å². The molecule has 5 nitrogen and oxygen atoms in total. The van der Waals surface area contributed by atoms with Gasteiger partial charge in [0.05, 0.1) is 5.37 Å². The molecule has 1 saturated heterocycles. The summed E-state index contributed by atoms with van der Waals surface area (Å²) in [6.45, 7) is 5.39. The third kappa shape index (κ3) is 3.61. The fourth-order valence-electron chi connectivity index (χ4n) is 1.90. The minimum atomic E-state index is -0.898. The lowest BCUT2D eigenvalue weighted by molar-refractivity contribution is -0.149. The summed E-state index contributed by atoms with van der Waals surface area (Å²) in [6.07, 6.45) is 1.16. The standard InChI is InChI=1S/C11H20N2O3S/c1-3-10-13(8(7-17-10)11(15)16)9(14)5-6-12-4-2/h8,10,12H,3-7H2,1-2H3,(H,15,16). The number of hydrogen-bond donors (Lipinski definition) is 2. The average Bonchev–Trinajstić information content (AvgIpc) is 2.72. The van der Waals surface area contributed by atoms with Gasteiger partial charge in [-0.15, -0.1) is 11.8 Å². The molecule has 1 heterocycles. The van der Waals surface area contributed by atoms with Crippen molar-refractivity contribution < 1.29 is 14.7 Å². The van der Waals surface area contributed by atoms with Gasteiger partial charge in [-0.05, 0) is 13.0 Å². The van der Waals surface area contributed by atoms with E-state index in [1.54, 1.807) is 16.7 Å². The number of carboxylic acids is 1. The molecule has 2 unspecified atom stereocenters. The number of rotatable bonds is 6. The van der Waals surface area contributed by atoms with Crippen LogP contribution in [-0.4, -0.2) is 52.1 Å². The molecular formula is C11H20N2O3S. The third-order valence-corrected chi connectivity index (χ3v) is 4.23. The number of thioether (sulfide) groups is 1. The van der Waals surface area contributed by atoms with E-state index in [2.05, 4.69) is 5.32 Å². The fraction of sp³-hybridized carbons (Fsp3) is 0.818. The Bertz CT molecular complexity index is 286. The number of amides is 1. The van der Waals surface area contributed by atoms with E-state index in [0.717, 1.165) is 13.0 Å². The molecule has 1 amide bonds. The highest BCUT2D eigenvalue weighted by molar-refractivity contribution is 8.00. The summed E-state index contributed by atoms with van der Waals surface area (Å²) in [6, 6.07) is -0.654. The predicted octanol–water partition coefficient (Wildman–Crippen LogP) is 0.751. The van der Waals surface area contributed by atoms with E-state index in [-0.39, 0.29) is 11.3 Å². The zero-order chi connectivity index (χ0) is 12.8. The van der Waals surface area contributed by atoms with Crippen molar-refractivity contribution in [2.45, 2.75) is 38.1 Å². The molecule has 0 aromatic rings. The van der Waals surface area contributed by atoms with Gasteiger partial charge in [-0.3, -0.25) is 4.79 Å². The Kier molecular flexibility index (Phi) is 5.77. The topological polar surface area (TPSA) is 69.6 Å². The highest BCUT2D eigenvalue weighted by atomic mass is 32.2. The van der Waals surface area contributed by atoms with Gasteiger partial charge >= 0.3 is 5.97 Å². The first kappa shape index (κ1) is 14.3. The maximum Gasteiger partial charge on any atom is 0.327 e. The number of nitrogens with zero attached hydrogens (tertiary/aromatic N) is 1. The van der Waals surface area contributed by atoms with Crippen LogP contribution in [0.5, 0.6) is 0 Å². The van der Waals surface area contributed by atoms with E-state index in [1.165, 1.54) is 0 Å². The third-order valence-electron chi connectivity index (χ3n) is 2.78. The van der Waals surface area contributed by atoms with Crippen LogP contribution in [0, 0.1) is 0 Å². The number of nitrogens with one attached hydrogen (secondary N) is 1. The minimum Gasteiger partial charge on any atom is -0.480 e. The minimum absolute atomic E-state index is 0.0187. The van der Waals surface area contributed by atoms with E-state index < -0.39 is 12.0 Å². The Balaban J connectivity index is 2.61. The van der Waals surface area contributed by atoms with Gasteiger partial charge in [0.1, 0.15) is 6.04 Å². The Hall–Kier alpha value is -0.750. The van der Waals surface area contributed by atoms with Gasteiger partial charge < -0.3 is 15.3 Å². The summed E-state index contributed by atoms with van der Waals surface area (Å²) in [4.78, 5) is 24.6. The summed E-state index contributed by atoms with van der Waals surface area (Å²) in [5, 5.41) is 12.2. The van der Waals surface area contributed by atoms with Crippen molar-refractivity contribution >= 4 is 23.6 Å². The molecule has 0 aromatic carbocycles. The molecule has 1 aliphatic rings. The van der Waals surface area contributed by atoms with Crippen LogP contribution in [0.25, 0.3) is 0 Å². The molecule has 98 valence electrons. The van der Waals surface area contributed by atoms with Crippen LogP contribution in [0.1, 0.15) is 26.7 Å². The number of carbonyl (C=O) groups is 2. The van der Waals surface area contributed by atoms with Gasteiger partial charge in [0.2, 0.25) is 5.91 Å². The molecule has 0 aromatic heterocycles. The fourth-order valence-corrected chi connectivity index (χ4v) is 3.27. The highest BCUT2D eigenvalue weighted by Gasteiger charge is 2.40. The van der Waals surface area contributed by atoms with Crippen molar-refractivity contribution in [1.29, 1.82) is 0 Å². The van der Waals surface area contributed by atoms with Gasteiger partial charge in [0.25, 0.3) is 0 Å². The van der Waals surface area contributed by atoms with Crippen molar-refractivity contribution in [2.24, 2.45) is 0 Å². The van der Waals surface area contributed by atoms with Crippen LogP contribution < -0.4 is 5.32 Å². The second-order valence-electron chi connectivity index (χ2n) is 3.95. The summed E-state index contributed by atoms with van der Waals surface area (Å²) in [5.74, 6) is -0.457. The molecule has 17 heavy (non-hydrogen) atoms. The number of carbonyl (C=O) groups excluding carboxylic acids is 1. The van der Waals surface area contributed by atoms with E-state index in [9.17, 15) is 9.59 Å². The molecule has 0 saturated carbocycles. The van der Waals surface area contributed by atoms with E-state index >= 15 is 0 Å². The van der Waals surface area contributed by atoms with Crippen LogP contribution in [0.3, 0.4) is 0 Å². The van der Waals surface area contributed by atoms with Gasteiger partial charge in [-0.1, -0.05) is 13.8 Å². The Morgan fingerprint density at radius 3 is 2.71 bits per heavy atom. The number of carboxylic acid groups (broad SMARTS) is 1. The highest BCUT2D eigenvalue weighted by Crippen LogP contribution is 2.31. The number of aliphatic carboxylic acids is 1. The molecule has 2 N–H and O–H groups in total. The normalized spacial score (nSPS) is 24.0. The molecule has 6 heteroatoms. The lowest BCUT2D eigenvalue weighted by atomic mass is 10.2. The van der Waals surface area contributed by atoms with Crippen LogP contribution >= 0.6 is 11.8 Å². The summed E-state index contributed by atoms with van der Waals surface area (Å²) in [7, 11) is 0. The largest absolute Gasteiger partial charge is 0.480 e. The molecule has 0 bridgehead atoms. The van der Waals surface area contributed by atoms with Gasteiger partial charge in [-0.25, -0.2) is 4.79 Å². The lowest BCUT2D eigenvalue weighted by Crippen LogP contribution is -2.46. The second-order valence-corrected chi connectivity index (χ2v) is 5.17. The molecule has 1 fully saturated rings. The number of hydrogen-bond acceptors (Lipinski definition) is 4. The zero-order valence-corrected chi connectivity index (χ0v) is 11.1. The molecule has 0 radical (unpaired) electrons. The maximum absolute atomic E-state index is 12.0. The van der Waals surface area contributed by atoms with Crippen molar-refractivity contribution in [3.63, 3.8) is 0 Å². The molecule has 0 aliphatic carbocycles. The molecule has 1 rings (SSSR count). The first-order valence-electron chi connectivity index (χ1n) is 5.98. The van der Waals surface area contributed by atoms with Crippen molar-refractivity contribution in [3.05, 3.63) is 0 Å². The molecular weight excluding hydrogens is 240 g/mol.